The van der Waals surface area contributed by atoms with Crippen LogP contribution in [0.4, 0.5) is 90.0 Å². The zero-order valence-corrected chi connectivity index (χ0v) is 86.0. The first-order valence-corrected chi connectivity index (χ1v) is 47.5. The van der Waals surface area contributed by atoms with Crippen LogP contribution in [0.15, 0.2) is 188 Å². The SMILES string of the molecule is C=CC(=O)Cl.C=CC(=O)Nc1cc(N2CCN(CC)CC2)ccc1N.C=CC(=O)Nc1cc(N2CCN(CC)CC2)ccc1Nc1ncc2cc(-c3c(Cl)c(OC)cc(OC)c3Cl)c(=O)n(C)c2n1.C=CC(=O)Nc1cc(N2CCN(CC)CC2)ccc1[N+](=O)[O-].CCN1CCN(c2ccc([N+](=O)[O-])c(N)c2)CC1.COc1cc(OC)c(Cl)c(-c2cc3cnc(Cl)nc3n(C)c2=O)c1Cl.Nc1cc(F)ccc1[N+](=O)[O-]. The molecule has 0 saturated carbocycles. The van der Waals surface area contributed by atoms with Gasteiger partial charge in [0, 0.05) is 212 Å². The van der Waals surface area contributed by atoms with E-state index in [2.05, 4.69) is 134 Å². The summed E-state index contributed by atoms with van der Waals surface area (Å²) in [6, 6.07) is 30.6. The van der Waals surface area contributed by atoms with Crippen LogP contribution < -0.4 is 88.1 Å². The smallest absolute Gasteiger partial charge is 0.292 e. The molecule has 8 heterocycles. The van der Waals surface area contributed by atoms with E-state index in [4.69, 9.17) is 106 Å². The van der Waals surface area contributed by atoms with Crippen molar-refractivity contribution in [2.45, 2.75) is 27.7 Å². The molecular formula is C98H113Cl6FN24O16. The van der Waals surface area contributed by atoms with Crippen molar-refractivity contribution in [1.82, 2.24) is 48.7 Å². The van der Waals surface area contributed by atoms with E-state index in [0.29, 0.717) is 73.4 Å². The number of aryl methyl sites for hydroxylation is 2. The number of nitrogens with one attached hydrogen (secondary N) is 4. The molecule has 4 aromatic heterocycles. The highest BCUT2D eigenvalue weighted by atomic mass is 35.5. The highest BCUT2D eigenvalue weighted by molar-refractivity contribution is 6.66. The molecule has 47 heteroatoms. The quantitative estimate of drug-likeness (QED) is 0.00661. The minimum absolute atomic E-state index is 0.0223. The number of halogens is 7. The van der Waals surface area contributed by atoms with Crippen LogP contribution in [0.3, 0.4) is 0 Å². The summed E-state index contributed by atoms with van der Waals surface area (Å²) in [7, 11) is 9.05. The maximum Gasteiger partial charge on any atom is 0.292 e. The van der Waals surface area contributed by atoms with Gasteiger partial charge in [0.05, 0.1) is 97.2 Å². The predicted octanol–water partition coefficient (Wildman–Crippen LogP) is 16.3. The first kappa shape index (κ1) is 114. The van der Waals surface area contributed by atoms with Crippen LogP contribution in [-0.4, -0.2) is 246 Å². The van der Waals surface area contributed by atoms with Crippen molar-refractivity contribution in [3.05, 3.63) is 261 Å². The Balaban J connectivity index is 0.000000201. The van der Waals surface area contributed by atoms with Gasteiger partial charge in [0.2, 0.25) is 34.2 Å². The summed E-state index contributed by atoms with van der Waals surface area (Å²) in [6.07, 6.45) is 7.71. The fourth-order valence-electron chi connectivity index (χ4n) is 15.5. The van der Waals surface area contributed by atoms with Crippen LogP contribution in [-0.2, 0) is 33.3 Å². The maximum atomic E-state index is 13.6. The normalized spacial score (nSPS) is 13.6. The number of nitrogen functional groups attached to an aromatic ring is 3. The number of fused-ring (bicyclic) bond motifs is 2. The molecule has 0 spiro atoms. The number of pyridine rings is 2. The highest BCUT2D eigenvalue weighted by Gasteiger charge is 2.29. The molecule has 3 amide bonds. The van der Waals surface area contributed by atoms with Crippen LogP contribution in [0.25, 0.3) is 44.3 Å². The van der Waals surface area contributed by atoms with Crippen molar-refractivity contribution in [3.8, 4) is 45.3 Å². The summed E-state index contributed by atoms with van der Waals surface area (Å²) in [6.45, 7) is 41.7. The second kappa shape index (κ2) is 54.2. The van der Waals surface area contributed by atoms with E-state index in [0.717, 1.165) is 184 Å². The second-order valence-electron chi connectivity index (χ2n) is 32.1. The van der Waals surface area contributed by atoms with Crippen molar-refractivity contribution in [2.75, 3.05) is 217 Å². The number of benzene rings is 7. The molecule has 4 aliphatic heterocycles. The van der Waals surface area contributed by atoms with Crippen molar-refractivity contribution in [2.24, 2.45) is 14.1 Å². The molecule has 0 aliphatic carbocycles. The number of carbonyl (C=O) groups is 4. The van der Waals surface area contributed by atoms with Crippen LogP contribution in [0.1, 0.15) is 27.7 Å². The number of anilines is 12. The lowest BCUT2D eigenvalue weighted by molar-refractivity contribution is -0.384. The average molecular weight is 2110 g/mol. The van der Waals surface area contributed by atoms with E-state index >= 15 is 0 Å². The van der Waals surface area contributed by atoms with Gasteiger partial charge in [-0.1, -0.05) is 100 Å². The third-order valence-corrected chi connectivity index (χ3v) is 25.5. The van der Waals surface area contributed by atoms with Gasteiger partial charge in [-0.05, 0) is 153 Å². The summed E-state index contributed by atoms with van der Waals surface area (Å²) in [5, 5.41) is 44.7. The summed E-state index contributed by atoms with van der Waals surface area (Å²) < 4.78 is 36.3. The molecule has 4 fully saturated rings. The molecular weight excluding hydrogens is 2000 g/mol. The van der Waals surface area contributed by atoms with E-state index in [9.17, 15) is 63.5 Å². The molecule has 4 saturated heterocycles. The van der Waals surface area contributed by atoms with E-state index < -0.39 is 31.7 Å². The third-order valence-electron chi connectivity index (χ3n) is 23.6. The number of nitrogens with zero attached hydrogens (tertiary/aromatic N) is 17. The zero-order chi connectivity index (χ0) is 106. The number of rotatable bonds is 26. The monoisotopic (exact) mass is 2110 g/mol. The molecule has 0 atom stereocenters. The lowest BCUT2D eigenvalue weighted by atomic mass is 10.0. The zero-order valence-electron chi connectivity index (χ0n) is 81.4. The minimum atomic E-state index is -0.658. The molecule has 11 aromatic rings. The highest BCUT2D eigenvalue weighted by Crippen LogP contribution is 2.48. The number of nitro groups is 3. The molecule has 7 aromatic carbocycles. The number of allylic oxidation sites excluding steroid dienone is 1. The van der Waals surface area contributed by atoms with E-state index in [-0.39, 0.29) is 105 Å². The summed E-state index contributed by atoms with van der Waals surface area (Å²) in [4.78, 5) is 137. The predicted molar refractivity (Wildman–Crippen MR) is 575 cm³/mol. The van der Waals surface area contributed by atoms with Gasteiger partial charge in [0.25, 0.3) is 28.2 Å². The van der Waals surface area contributed by atoms with Crippen LogP contribution in [0, 0.1) is 36.2 Å². The summed E-state index contributed by atoms with van der Waals surface area (Å²) in [5.41, 5.74) is 24.0. The first-order valence-electron chi connectivity index (χ1n) is 45.2. The Kier molecular flexibility index (Phi) is 42.7. The third kappa shape index (κ3) is 30.1. The van der Waals surface area contributed by atoms with E-state index in [1.807, 2.05) is 36.4 Å². The lowest BCUT2D eigenvalue weighted by Gasteiger charge is -2.35. The number of ether oxygens (including phenoxy) is 4. The van der Waals surface area contributed by atoms with Gasteiger partial charge in [-0.3, -0.25) is 68.2 Å². The van der Waals surface area contributed by atoms with Gasteiger partial charge in [-0.25, -0.2) is 14.4 Å². The Morgan fingerprint density at radius 1 is 0.421 bits per heavy atom. The second-order valence-corrected chi connectivity index (χ2v) is 34.3. The van der Waals surface area contributed by atoms with Gasteiger partial charge in [0.1, 0.15) is 57.2 Å². The van der Waals surface area contributed by atoms with Crippen molar-refractivity contribution < 1.29 is 57.3 Å². The lowest BCUT2D eigenvalue weighted by Crippen LogP contribution is -2.46. The molecule has 40 nitrogen and oxygen atoms in total. The molecule has 10 N–H and O–H groups in total. The van der Waals surface area contributed by atoms with Crippen molar-refractivity contribution in [3.63, 3.8) is 0 Å². The van der Waals surface area contributed by atoms with Crippen LogP contribution in [0.2, 0.25) is 25.4 Å². The van der Waals surface area contributed by atoms with Crippen LogP contribution in [0.5, 0.6) is 23.0 Å². The number of hydrogen-bond donors (Lipinski definition) is 7. The Bertz CT molecular complexity index is 6660. The summed E-state index contributed by atoms with van der Waals surface area (Å²) >= 11 is 36.6. The largest absolute Gasteiger partial charge is 0.495 e. The van der Waals surface area contributed by atoms with Crippen LogP contribution >= 0.6 is 69.6 Å². The van der Waals surface area contributed by atoms with Gasteiger partial charge < -0.3 is 96.6 Å². The number of amides is 3. The Hall–Kier alpha value is -14.5. The van der Waals surface area contributed by atoms with Gasteiger partial charge in [-0.2, -0.15) is 9.97 Å². The number of likely N-dealkylation sites (N-methyl/N-ethyl adjacent to an activating group) is 4. The van der Waals surface area contributed by atoms with E-state index in [1.165, 1.54) is 68.1 Å². The Morgan fingerprint density at radius 2 is 0.745 bits per heavy atom. The first-order chi connectivity index (χ1) is 69.2. The van der Waals surface area contributed by atoms with Gasteiger partial charge in [-0.15, -0.1) is 0 Å². The number of nitrogens with two attached hydrogens (primary N) is 3. The number of nitro benzene ring substituents is 3. The number of piperazine rings is 4. The molecule has 770 valence electrons. The molecule has 0 radical (unpaired) electrons. The maximum absolute atomic E-state index is 13.6. The minimum Gasteiger partial charge on any atom is -0.495 e. The number of carbonyl (C=O) groups excluding carboxylic acids is 4. The molecule has 0 bridgehead atoms. The Labute approximate surface area is 865 Å². The number of aromatic nitrogens is 6. The van der Waals surface area contributed by atoms with Crippen molar-refractivity contribution >= 4 is 200 Å². The number of methoxy groups -OCH3 is 4. The molecule has 4 aliphatic rings. The Morgan fingerprint density at radius 3 is 1.10 bits per heavy atom. The standard InChI is InChI=1S/C31H33Cl2N7O4.C16H12Cl3N3O3.C15H20N4O3.C15H22N4O.C12H18N4O2.C6H5FN2O2.C3H3ClO/c1-6-25(41)35-22-15-19(40-12-10-39(7-2)11-13-40)8-9-21(22)36-31-34-17-18-14-20(30(42)38(3)29(18)37-31)26-27(32)23(43-4)16-24(44-5)28(26)33;1-22-14-7(6-20-16(19)21-14)4-8(15(22)23)11-12(17)9(24-2)5-10(25-3)13(11)18;1-3-15(20)16-13-11-12(5-6-14(13)19(21)22)18-9-7-17(4-2)8-10-18;1-3-15(20)17-14-11-12(5-6-13(14)16)19-9-7-18(4-2)8-10-19;1-2-14-5-7-15(8-6-14)10-3-4-12(16(17)18)11(13)9-10;7-4-1-2-6(9(10)11)5(8)3-4;1-2-3(4)5/h6,8-9,14-17H,1,7,10-13H2,2-5H3,(H,35,41)(H,34,36,37);4-6H,1-3H3;3,5-6,11H,1,4,7-10H2,2H3,(H,16,20);3,5-6,11H,1,4,7-10,16H2,2H3,(H,17,20);3-4,9H,2,5-8,13H2,1H3;1-3H,8H2;2H,1H2. The average Bonchev–Trinajstić information content (AvgIpc) is 0.757. The summed E-state index contributed by atoms with van der Waals surface area (Å²) in [5.74, 6) is -0.0859. The molecule has 15 rings (SSSR count). The van der Waals surface area contributed by atoms with Gasteiger partial charge >= 0.3 is 0 Å². The topological polar surface area (TPSA) is 482 Å². The fraction of sp³-hybridized carbons (Fsp3) is 0.306. The van der Waals surface area contributed by atoms with Crippen molar-refractivity contribution in [1.29, 1.82) is 0 Å². The van der Waals surface area contributed by atoms with Gasteiger partial charge in [0.15, 0.2) is 0 Å². The van der Waals surface area contributed by atoms with E-state index in [1.54, 1.807) is 68.8 Å². The molecule has 145 heavy (non-hydrogen) atoms. The number of hydrogen-bond acceptors (Lipinski definition) is 32. The molecule has 0 unspecified atom stereocenters. The fourth-order valence-corrected chi connectivity index (χ4v) is 17.0.